The van der Waals surface area contributed by atoms with Gasteiger partial charge in [-0.25, -0.2) is 13.1 Å². The molecule has 1 aromatic heterocycles. The SMILES string of the molecule is CCCC(NC(=O)c1cc(S(=O)(=O)NCc2ccco2)ccc1C)c1ccccc1. The lowest BCUT2D eigenvalue weighted by molar-refractivity contribution is 0.0933. The highest BCUT2D eigenvalue weighted by molar-refractivity contribution is 7.89. The molecule has 0 spiro atoms. The van der Waals surface area contributed by atoms with Gasteiger partial charge < -0.3 is 9.73 Å². The van der Waals surface area contributed by atoms with Crippen molar-refractivity contribution >= 4 is 15.9 Å². The minimum Gasteiger partial charge on any atom is -0.468 e. The van der Waals surface area contributed by atoms with Gasteiger partial charge in [-0.2, -0.15) is 0 Å². The Kier molecular flexibility index (Phi) is 7.07. The average molecular weight is 427 g/mol. The van der Waals surface area contributed by atoms with Crippen LogP contribution in [0.2, 0.25) is 0 Å². The molecule has 30 heavy (non-hydrogen) atoms. The van der Waals surface area contributed by atoms with Gasteiger partial charge >= 0.3 is 0 Å². The van der Waals surface area contributed by atoms with E-state index in [1.54, 1.807) is 25.1 Å². The molecule has 2 N–H and O–H groups in total. The summed E-state index contributed by atoms with van der Waals surface area (Å²) in [4.78, 5) is 13.0. The summed E-state index contributed by atoms with van der Waals surface area (Å²) in [5.74, 6) is 0.215. The molecule has 0 fully saturated rings. The second kappa shape index (κ2) is 9.73. The lowest BCUT2D eigenvalue weighted by Gasteiger charge is -2.19. The van der Waals surface area contributed by atoms with E-state index < -0.39 is 10.0 Å². The Morgan fingerprint density at radius 1 is 1.07 bits per heavy atom. The van der Waals surface area contributed by atoms with Crippen LogP contribution in [0.15, 0.2) is 76.2 Å². The van der Waals surface area contributed by atoms with E-state index >= 15 is 0 Å². The van der Waals surface area contributed by atoms with Crippen LogP contribution < -0.4 is 10.0 Å². The van der Waals surface area contributed by atoms with Crippen LogP contribution in [0.3, 0.4) is 0 Å². The predicted molar refractivity (Wildman–Crippen MR) is 115 cm³/mol. The Morgan fingerprint density at radius 3 is 2.50 bits per heavy atom. The van der Waals surface area contributed by atoms with Gasteiger partial charge in [-0.15, -0.1) is 0 Å². The van der Waals surface area contributed by atoms with Gasteiger partial charge in [-0.05, 0) is 48.7 Å². The van der Waals surface area contributed by atoms with Crippen molar-refractivity contribution in [3.05, 3.63) is 89.4 Å². The molecular weight excluding hydrogens is 400 g/mol. The van der Waals surface area contributed by atoms with Crippen LogP contribution in [-0.2, 0) is 16.6 Å². The van der Waals surface area contributed by atoms with E-state index in [9.17, 15) is 13.2 Å². The van der Waals surface area contributed by atoms with E-state index in [0.29, 0.717) is 16.9 Å². The third kappa shape index (κ3) is 5.37. The van der Waals surface area contributed by atoms with Gasteiger partial charge in [0.1, 0.15) is 5.76 Å². The van der Waals surface area contributed by atoms with E-state index in [1.807, 2.05) is 30.3 Å². The maximum Gasteiger partial charge on any atom is 0.252 e. The summed E-state index contributed by atoms with van der Waals surface area (Å²) in [5.41, 5.74) is 2.07. The third-order valence-electron chi connectivity index (χ3n) is 4.87. The maximum absolute atomic E-state index is 13.0. The highest BCUT2D eigenvalue weighted by Gasteiger charge is 2.20. The molecule has 0 radical (unpaired) electrons. The Balaban J connectivity index is 1.80. The Hall–Kier alpha value is -2.90. The van der Waals surface area contributed by atoms with E-state index in [2.05, 4.69) is 17.0 Å². The molecule has 158 valence electrons. The fourth-order valence-electron chi connectivity index (χ4n) is 3.21. The summed E-state index contributed by atoms with van der Waals surface area (Å²) in [6, 6.07) is 17.6. The molecular formula is C23H26N2O4S. The van der Waals surface area contributed by atoms with Crippen molar-refractivity contribution in [3.8, 4) is 0 Å². The Labute approximate surface area is 177 Å². The van der Waals surface area contributed by atoms with Crippen molar-refractivity contribution in [2.75, 3.05) is 0 Å². The molecule has 3 aromatic rings. The molecule has 1 unspecified atom stereocenters. The van der Waals surface area contributed by atoms with Crippen LogP contribution >= 0.6 is 0 Å². The molecule has 3 rings (SSSR count). The number of benzene rings is 2. The highest BCUT2D eigenvalue weighted by Crippen LogP contribution is 2.21. The fraction of sp³-hybridized carbons (Fsp3) is 0.261. The molecule has 7 heteroatoms. The number of carbonyl (C=O) groups excluding carboxylic acids is 1. The lowest BCUT2D eigenvalue weighted by Crippen LogP contribution is -2.29. The number of furan rings is 1. The molecule has 0 saturated carbocycles. The normalized spacial score (nSPS) is 12.5. The molecule has 1 amide bonds. The molecule has 0 saturated heterocycles. The smallest absolute Gasteiger partial charge is 0.252 e. The summed E-state index contributed by atoms with van der Waals surface area (Å²) in [7, 11) is -3.79. The zero-order valence-electron chi connectivity index (χ0n) is 17.1. The largest absolute Gasteiger partial charge is 0.468 e. The Bertz CT molecular complexity index is 1080. The summed E-state index contributed by atoms with van der Waals surface area (Å²) < 4.78 is 33.0. The minimum absolute atomic E-state index is 0.0385. The number of hydrogen-bond donors (Lipinski definition) is 2. The summed E-state index contributed by atoms with van der Waals surface area (Å²) in [6.07, 6.45) is 3.18. The van der Waals surface area contributed by atoms with Crippen LogP contribution in [-0.4, -0.2) is 14.3 Å². The molecule has 1 heterocycles. The van der Waals surface area contributed by atoms with Gasteiger partial charge in [0.2, 0.25) is 10.0 Å². The van der Waals surface area contributed by atoms with Gasteiger partial charge in [-0.3, -0.25) is 4.79 Å². The molecule has 1 atom stereocenters. The first-order chi connectivity index (χ1) is 14.4. The average Bonchev–Trinajstić information content (AvgIpc) is 3.26. The van der Waals surface area contributed by atoms with E-state index in [4.69, 9.17) is 4.42 Å². The second-order valence-corrected chi connectivity index (χ2v) is 8.87. The maximum atomic E-state index is 13.0. The van der Waals surface area contributed by atoms with Crippen molar-refractivity contribution in [2.45, 2.75) is 44.2 Å². The van der Waals surface area contributed by atoms with E-state index in [1.165, 1.54) is 18.4 Å². The summed E-state index contributed by atoms with van der Waals surface area (Å²) in [6.45, 7) is 3.89. The van der Waals surface area contributed by atoms with Gasteiger partial charge in [0, 0.05) is 5.56 Å². The number of sulfonamides is 1. The van der Waals surface area contributed by atoms with Crippen molar-refractivity contribution in [3.63, 3.8) is 0 Å². The van der Waals surface area contributed by atoms with Crippen LogP contribution in [0.1, 0.15) is 53.1 Å². The van der Waals surface area contributed by atoms with Gasteiger partial charge in [-0.1, -0.05) is 49.7 Å². The van der Waals surface area contributed by atoms with Gasteiger partial charge in [0.15, 0.2) is 0 Å². The predicted octanol–water partition coefficient (Wildman–Crippen LogP) is 4.34. The summed E-state index contributed by atoms with van der Waals surface area (Å²) >= 11 is 0. The highest BCUT2D eigenvalue weighted by atomic mass is 32.2. The zero-order valence-corrected chi connectivity index (χ0v) is 17.9. The van der Waals surface area contributed by atoms with Crippen LogP contribution in [0, 0.1) is 6.92 Å². The van der Waals surface area contributed by atoms with Crippen molar-refractivity contribution in [1.29, 1.82) is 0 Å². The number of hydrogen-bond acceptors (Lipinski definition) is 4. The van der Waals surface area contributed by atoms with Crippen LogP contribution in [0.4, 0.5) is 0 Å². The first-order valence-corrected chi connectivity index (χ1v) is 11.4. The fourth-order valence-corrected chi connectivity index (χ4v) is 4.23. The van der Waals surface area contributed by atoms with Crippen molar-refractivity contribution in [2.24, 2.45) is 0 Å². The van der Waals surface area contributed by atoms with E-state index in [-0.39, 0.29) is 23.4 Å². The Morgan fingerprint density at radius 2 is 1.83 bits per heavy atom. The number of nitrogens with one attached hydrogen (secondary N) is 2. The van der Waals surface area contributed by atoms with Crippen LogP contribution in [0.25, 0.3) is 0 Å². The third-order valence-corrected chi connectivity index (χ3v) is 6.26. The first kappa shape index (κ1) is 21.8. The molecule has 0 aliphatic rings. The van der Waals surface area contributed by atoms with Crippen molar-refractivity contribution in [1.82, 2.24) is 10.0 Å². The van der Waals surface area contributed by atoms with E-state index in [0.717, 1.165) is 18.4 Å². The van der Waals surface area contributed by atoms with Crippen molar-refractivity contribution < 1.29 is 17.6 Å². The molecule has 0 bridgehead atoms. The molecule has 6 nitrogen and oxygen atoms in total. The first-order valence-electron chi connectivity index (χ1n) is 9.89. The number of amides is 1. The van der Waals surface area contributed by atoms with Crippen LogP contribution in [0.5, 0.6) is 0 Å². The molecule has 0 aliphatic carbocycles. The number of aryl methyl sites for hydroxylation is 1. The minimum atomic E-state index is -3.79. The molecule has 2 aromatic carbocycles. The second-order valence-electron chi connectivity index (χ2n) is 7.11. The zero-order chi connectivity index (χ0) is 21.6. The standard InChI is InChI=1S/C23H26N2O4S/c1-3-8-22(18-9-5-4-6-10-18)25-23(26)21-15-20(13-12-17(21)2)30(27,28)24-16-19-11-7-14-29-19/h4-7,9-15,22,24H,3,8,16H2,1-2H3,(H,25,26). The lowest BCUT2D eigenvalue weighted by atomic mass is 10.0. The van der Waals surface area contributed by atoms with Gasteiger partial charge in [0.05, 0.1) is 23.7 Å². The topological polar surface area (TPSA) is 88.4 Å². The summed E-state index contributed by atoms with van der Waals surface area (Å²) in [5, 5.41) is 3.06. The molecule has 0 aliphatic heterocycles. The quantitative estimate of drug-likeness (QED) is 0.533. The van der Waals surface area contributed by atoms with Gasteiger partial charge in [0.25, 0.3) is 5.91 Å². The number of rotatable bonds is 9. The monoisotopic (exact) mass is 426 g/mol. The number of carbonyl (C=O) groups is 1.